The summed E-state index contributed by atoms with van der Waals surface area (Å²) in [6.45, 7) is 2.98. The third-order valence-electron chi connectivity index (χ3n) is 6.86. The van der Waals surface area contributed by atoms with E-state index >= 15 is 0 Å². The third kappa shape index (κ3) is 5.17. The van der Waals surface area contributed by atoms with Crippen LogP contribution in [0.4, 0.5) is 0 Å². The van der Waals surface area contributed by atoms with Gasteiger partial charge < -0.3 is 14.2 Å². The second-order valence-electron chi connectivity index (χ2n) is 9.33. The van der Waals surface area contributed by atoms with Crippen molar-refractivity contribution in [1.82, 2.24) is 5.01 Å². The zero-order valence-corrected chi connectivity index (χ0v) is 21.7. The number of halogens is 1. The molecule has 188 valence electrons. The monoisotopic (exact) mass is 504 g/mol. The molecule has 2 aliphatic rings. The number of hydrogen-bond donors (Lipinski definition) is 0. The van der Waals surface area contributed by atoms with Crippen molar-refractivity contribution in [3.8, 4) is 17.2 Å². The maximum Gasteiger partial charge on any atom is 0.214 e. The smallest absolute Gasteiger partial charge is 0.214 e. The second-order valence-corrected chi connectivity index (χ2v) is 9.77. The zero-order valence-electron chi connectivity index (χ0n) is 21.0. The number of hydrazone groups is 1. The first kappa shape index (κ1) is 24.5. The molecule has 2 atom stereocenters. The number of nitrogens with zero attached hydrogens (tertiary/aromatic N) is 2. The van der Waals surface area contributed by atoms with Gasteiger partial charge in [0.25, 0.3) is 0 Å². The molecular formula is C30H33ClN2O3. The van der Waals surface area contributed by atoms with Gasteiger partial charge in [0.15, 0.2) is 11.5 Å². The number of benzene rings is 3. The van der Waals surface area contributed by atoms with E-state index in [1.165, 1.54) is 25.7 Å². The molecule has 5 rings (SSSR count). The average Bonchev–Trinajstić information content (AvgIpc) is 3.36. The molecule has 2 unspecified atom stereocenters. The van der Waals surface area contributed by atoms with Crippen LogP contribution >= 0.6 is 11.6 Å². The van der Waals surface area contributed by atoms with E-state index in [1.54, 1.807) is 7.11 Å². The van der Waals surface area contributed by atoms with Crippen molar-refractivity contribution < 1.29 is 14.2 Å². The van der Waals surface area contributed by atoms with E-state index < -0.39 is 0 Å². The molecule has 0 N–H and O–H groups in total. The lowest BCUT2D eigenvalue weighted by Gasteiger charge is -2.38. The van der Waals surface area contributed by atoms with Crippen molar-refractivity contribution in [2.75, 3.05) is 13.7 Å². The summed E-state index contributed by atoms with van der Waals surface area (Å²) in [5, 5.41) is 7.84. The van der Waals surface area contributed by atoms with Gasteiger partial charge in [0.1, 0.15) is 5.75 Å². The lowest BCUT2D eigenvalue weighted by atomic mass is 9.95. The van der Waals surface area contributed by atoms with Gasteiger partial charge in [-0.25, -0.2) is 5.01 Å². The maximum absolute atomic E-state index is 6.57. The molecular weight excluding hydrogens is 472 g/mol. The van der Waals surface area contributed by atoms with Crippen molar-refractivity contribution in [2.45, 2.75) is 57.7 Å². The standard InChI is InChI=1S/C30H33ClN2O3/c1-3-4-5-6-7-19-35-24-17-13-22(14-18-24)30-33-27(25-9-8-10-28(34-2)29(25)36-30)20-26(32-33)21-11-15-23(31)16-12-21/h8-18,27,30H,3-7,19-20H2,1-2H3. The van der Waals surface area contributed by atoms with E-state index in [0.29, 0.717) is 0 Å². The predicted octanol–water partition coefficient (Wildman–Crippen LogP) is 7.94. The Kier molecular flexibility index (Phi) is 7.66. The van der Waals surface area contributed by atoms with Crippen LogP contribution in [0.2, 0.25) is 5.02 Å². The fraction of sp³-hybridized carbons (Fsp3) is 0.367. The van der Waals surface area contributed by atoms with Crippen LogP contribution in [0.1, 0.15) is 74.4 Å². The van der Waals surface area contributed by atoms with Gasteiger partial charge in [-0.2, -0.15) is 5.10 Å². The topological polar surface area (TPSA) is 43.3 Å². The van der Waals surface area contributed by atoms with Crippen molar-refractivity contribution >= 4 is 17.3 Å². The first-order valence-electron chi connectivity index (χ1n) is 12.9. The third-order valence-corrected chi connectivity index (χ3v) is 7.11. The molecule has 3 aromatic carbocycles. The Hall–Kier alpha value is -3.18. The van der Waals surface area contributed by atoms with E-state index in [0.717, 1.165) is 64.1 Å². The Morgan fingerprint density at radius 1 is 0.972 bits per heavy atom. The lowest BCUT2D eigenvalue weighted by Crippen LogP contribution is -2.33. The highest BCUT2D eigenvalue weighted by Crippen LogP contribution is 2.50. The highest BCUT2D eigenvalue weighted by atomic mass is 35.5. The second kappa shape index (κ2) is 11.3. The van der Waals surface area contributed by atoms with E-state index in [4.69, 9.17) is 30.9 Å². The van der Waals surface area contributed by atoms with Crippen molar-refractivity contribution in [3.05, 3.63) is 88.4 Å². The molecule has 0 bridgehead atoms. The van der Waals surface area contributed by atoms with Gasteiger partial charge in [-0.15, -0.1) is 0 Å². The molecule has 5 nitrogen and oxygen atoms in total. The molecule has 3 aromatic rings. The van der Waals surface area contributed by atoms with Gasteiger partial charge in [-0.1, -0.05) is 68.5 Å². The number of fused-ring (bicyclic) bond motifs is 3. The summed E-state index contributed by atoms with van der Waals surface area (Å²) >= 11 is 6.12. The average molecular weight is 505 g/mol. The number of rotatable bonds is 10. The predicted molar refractivity (Wildman–Crippen MR) is 144 cm³/mol. The Labute approximate surface area is 218 Å². The van der Waals surface area contributed by atoms with Crippen LogP contribution in [0.15, 0.2) is 71.8 Å². The van der Waals surface area contributed by atoms with Crippen LogP contribution < -0.4 is 14.2 Å². The first-order valence-corrected chi connectivity index (χ1v) is 13.2. The number of methoxy groups -OCH3 is 1. The Morgan fingerprint density at radius 3 is 2.50 bits per heavy atom. The maximum atomic E-state index is 6.57. The summed E-state index contributed by atoms with van der Waals surface area (Å²) < 4.78 is 18.2. The van der Waals surface area contributed by atoms with E-state index in [2.05, 4.69) is 30.1 Å². The zero-order chi connectivity index (χ0) is 24.9. The molecule has 2 aliphatic heterocycles. The first-order chi connectivity index (χ1) is 17.7. The van der Waals surface area contributed by atoms with Crippen molar-refractivity contribution in [1.29, 1.82) is 0 Å². The van der Waals surface area contributed by atoms with Crippen LogP contribution in [-0.2, 0) is 0 Å². The lowest BCUT2D eigenvalue weighted by molar-refractivity contribution is -0.0209. The van der Waals surface area contributed by atoms with Crippen LogP contribution in [0.3, 0.4) is 0 Å². The molecule has 0 aromatic heterocycles. The molecule has 36 heavy (non-hydrogen) atoms. The molecule has 0 saturated heterocycles. The molecule has 2 heterocycles. The van der Waals surface area contributed by atoms with Crippen LogP contribution in [0.25, 0.3) is 0 Å². The molecule has 0 fully saturated rings. The summed E-state index contributed by atoms with van der Waals surface area (Å²) in [6.07, 6.45) is 6.54. The Balaban J connectivity index is 1.38. The fourth-order valence-electron chi connectivity index (χ4n) is 4.91. The minimum absolute atomic E-state index is 0.0542. The number of ether oxygens (including phenoxy) is 3. The SMILES string of the molecule is CCCCCCCOc1ccc(C2Oc3c(OC)cccc3C3CC(c4ccc(Cl)cc4)=NN32)cc1. The van der Waals surface area contributed by atoms with E-state index in [-0.39, 0.29) is 12.3 Å². The van der Waals surface area contributed by atoms with Gasteiger partial charge in [-0.05, 0) is 54.4 Å². The minimum Gasteiger partial charge on any atom is -0.494 e. The molecule has 0 radical (unpaired) electrons. The molecule has 0 amide bonds. The van der Waals surface area contributed by atoms with Crippen molar-refractivity contribution in [2.24, 2.45) is 5.10 Å². The van der Waals surface area contributed by atoms with E-state index in [1.807, 2.05) is 48.5 Å². The molecule has 0 saturated carbocycles. The normalized spacial score (nSPS) is 18.2. The minimum atomic E-state index is -0.369. The fourth-order valence-corrected chi connectivity index (χ4v) is 5.03. The summed E-state index contributed by atoms with van der Waals surface area (Å²) in [5.74, 6) is 2.40. The van der Waals surface area contributed by atoms with Crippen LogP contribution in [0.5, 0.6) is 17.2 Å². The van der Waals surface area contributed by atoms with Crippen molar-refractivity contribution in [3.63, 3.8) is 0 Å². The summed E-state index contributed by atoms with van der Waals surface area (Å²) in [6, 6.07) is 22.2. The number of unbranched alkanes of at least 4 members (excludes halogenated alkanes) is 4. The van der Waals surface area contributed by atoms with Crippen LogP contribution in [-0.4, -0.2) is 24.4 Å². The van der Waals surface area contributed by atoms with Crippen LogP contribution in [0, 0.1) is 0 Å². The highest BCUT2D eigenvalue weighted by molar-refractivity contribution is 6.30. The number of hydrogen-bond acceptors (Lipinski definition) is 5. The summed E-state index contributed by atoms with van der Waals surface area (Å²) in [5.41, 5.74) is 4.19. The van der Waals surface area contributed by atoms with E-state index in [9.17, 15) is 0 Å². The quantitative estimate of drug-likeness (QED) is 0.263. The summed E-state index contributed by atoms with van der Waals surface area (Å²) in [7, 11) is 1.68. The highest BCUT2D eigenvalue weighted by Gasteiger charge is 2.42. The largest absolute Gasteiger partial charge is 0.494 e. The number of para-hydroxylation sites is 1. The molecule has 0 aliphatic carbocycles. The van der Waals surface area contributed by atoms with Gasteiger partial charge in [0.2, 0.25) is 6.23 Å². The summed E-state index contributed by atoms with van der Waals surface area (Å²) in [4.78, 5) is 0. The van der Waals surface area contributed by atoms with Gasteiger partial charge >= 0.3 is 0 Å². The molecule has 0 spiro atoms. The van der Waals surface area contributed by atoms with Gasteiger partial charge in [-0.3, -0.25) is 0 Å². The van der Waals surface area contributed by atoms with Gasteiger partial charge in [0, 0.05) is 22.6 Å². The molecule has 6 heteroatoms. The Morgan fingerprint density at radius 2 is 1.75 bits per heavy atom. The van der Waals surface area contributed by atoms with Gasteiger partial charge in [0.05, 0.1) is 25.5 Å². The Bertz CT molecular complexity index is 1190.